The lowest BCUT2D eigenvalue weighted by atomic mass is 10.1. The normalized spacial score (nSPS) is 13.7. The lowest BCUT2D eigenvalue weighted by Gasteiger charge is -2.20. The minimum absolute atomic E-state index is 0.0232. The summed E-state index contributed by atoms with van der Waals surface area (Å²) in [6.45, 7) is 8.12. The van der Waals surface area contributed by atoms with Gasteiger partial charge in [0.15, 0.2) is 6.10 Å². The largest absolute Gasteiger partial charge is 0.481 e. The number of hydrogen-bond acceptors (Lipinski definition) is 2. The van der Waals surface area contributed by atoms with Gasteiger partial charge in [0.25, 0.3) is 5.91 Å². The summed E-state index contributed by atoms with van der Waals surface area (Å²) in [5.41, 5.74) is 1.13. The van der Waals surface area contributed by atoms with E-state index < -0.39 is 6.10 Å². The first-order valence-electron chi connectivity index (χ1n) is 7.10. The van der Waals surface area contributed by atoms with E-state index in [2.05, 4.69) is 12.2 Å². The van der Waals surface area contributed by atoms with Crippen LogP contribution in [0, 0.1) is 6.92 Å². The molecule has 3 heteroatoms. The zero-order valence-electron chi connectivity index (χ0n) is 12.4. The van der Waals surface area contributed by atoms with Crippen LogP contribution in [0.15, 0.2) is 24.3 Å². The van der Waals surface area contributed by atoms with E-state index in [0.29, 0.717) is 6.42 Å². The van der Waals surface area contributed by atoms with Gasteiger partial charge in [-0.15, -0.1) is 0 Å². The summed E-state index contributed by atoms with van der Waals surface area (Å²) < 4.78 is 5.77. The number of benzene rings is 1. The highest BCUT2D eigenvalue weighted by molar-refractivity contribution is 5.81. The zero-order valence-corrected chi connectivity index (χ0v) is 12.4. The smallest absolute Gasteiger partial charge is 0.261 e. The van der Waals surface area contributed by atoms with Gasteiger partial charge in [-0.25, -0.2) is 0 Å². The van der Waals surface area contributed by atoms with Crippen molar-refractivity contribution in [1.29, 1.82) is 0 Å². The Morgan fingerprint density at radius 3 is 2.68 bits per heavy atom. The van der Waals surface area contributed by atoms with Crippen molar-refractivity contribution < 1.29 is 9.53 Å². The van der Waals surface area contributed by atoms with Gasteiger partial charge in [0.2, 0.25) is 0 Å². The summed E-state index contributed by atoms with van der Waals surface area (Å²) in [6, 6.07) is 7.99. The number of rotatable bonds is 7. The predicted octanol–water partition coefficient (Wildman–Crippen LogP) is 3.46. The monoisotopic (exact) mass is 263 g/mol. The standard InChI is InChI=1S/C16H25NO2/c1-5-8-13(4)17-16(18)15(6-2)19-14-10-7-9-12(3)11-14/h7,9-11,13,15H,5-6,8H2,1-4H3,(H,17,18)/t13-,15-/m0/s1. The minimum atomic E-state index is -0.416. The molecule has 0 aliphatic rings. The van der Waals surface area contributed by atoms with Crippen LogP contribution in [-0.4, -0.2) is 18.1 Å². The molecule has 0 bridgehead atoms. The van der Waals surface area contributed by atoms with Crippen LogP contribution in [0.4, 0.5) is 0 Å². The molecule has 0 aliphatic heterocycles. The van der Waals surface area contributed by atoms with E-state index in [1.54, 1.807) is 0 Å². The van der Waals surface area contributed by atoms with Crippen LogP contribution in [0.5, 0.6) is 5.75 Å². The Labute approximate surface area is 116 Å². The fourth-order valence-electron chi connectivity index (χ4n) is 2.02. The third kappa shape index (κ3) is 5.33. The average molecular weight is 263 g/mol. The van der Waals surface area contributed by atoms with Gasteiger partial charge in [0.05, 0.1) is 0 Å². The number of ether oxygens (including phenoxy) is 1. The van der Waals surface area contributed by atoms with Crippen molar-refractivity contribution in [3.8, 4) is 5.75 Å². The van der Waals surface area contributed by atoms with Crippen molar-refractivity contribution >= 4 is 5.91 Å². The molecule has 1 aromatic rings. The van der Waals surface area contributed by atoms with E-state index in [1.165, 1.54) is 0 Å². The first-order chi connectivity index (χ1) is 9.06. The van der Waals surface area contributed by atoms with E-state index in [4.69, 9.17) is 4.74 Å². The molecular formula is C16H25NO2. The lowest BCUT2D eigenvalue weighted by molar-refractivity contribution is -0.128. The zero-order chi connectivity index (χ0) is 14.3. The molecule has 1 aromatic carbocycles. The summed E-state index contributed by atoms with van der Waals surface area (Å²) >= 11 is 0. The van der Waals surface area contributed by atoms with E-state index in [9.17, 15) is 4.79 Å². The molecule has 0 radical (unpaired) electrons. The fourth-order valence-corrected chi connectivity index (χ4v) is 2.02. The van der Waals surface area contributed by atoms with Gasteiger partial charge >= 0.3 is 0 Å². The summed E-state index contributed by atoms with van der Waals surface area (Å²) in [6.07, 6.45) is 2.31. The second kappa shape index (κ2) is 7.82. The molecule has 0 saturated heterocycles. The molecular weight excluding hydrogens is 238 g/mol. The van der Waals surface area contributed by atoms with Crippen molar-refractivity contribution in [2.45, 2.75) is 59.1 Å². The van der Waals surface area contributed by atoms with E-state index in [0.717, 1.165) is 24.2 Å². The fraction of sp³-hybridized carbons (Fsp3) is 0.562. The second-order valence-corrected chi connectivity index (χ2v) is 5.03. The Morgan fingerprint density at radius 1 is 1.37 bits per heavy atom. The molecule has 1 amide bonds. The second-order valence-electron chi connectivity index (χ2n) is 5.03. The molecule has 2 atom stereocenters. The van der Waals surface area contributed by atoms with E-state index in [-0.39, 0.29) is 11.9 Å². The first kappa shape index (κ1) is 15.5. The van der Waals surface area contributed by atoms with Crippen molar-refractivity contribution in [3.05, 3.63) is 29.8 Å². The third-order valence-corrected chi connectivity index (χ3v) is 3.04. The molecule has 0 heterocycles. The maximum atomic E-state index is 12.1. The summed E-state index contributed by atoms with van der Waals surface area (Å²) in [4.78, 5) is 12.1. The Bertz CT molecular complexity index is 403. The Kier molecular flexibility index (Phi) is 6.40. The van der Waals surface area contributed by atoms with Gasteiger partial charge in [-0.3, -0.25) is 4.79 Å². The van der Waals surface area contributed by atoms with E-state index >= 15 is 0 Å². The molecule has 19 heavy (non-hydrogen) atoms. The number of nitrogens with one attached hydrogen (secondary N) is 1. The highest BCUT2D eigenvalue weighted by Crippen LogP contribution is 2.15. The van der Waals surface area contributed by atoms with Crippen molar-refractivity contribution in [3.63, 3.8) is 0 Å². The highest BCUT2D eigenvalue weighted by atomic mass is 16.5. The lowest BCUT2D eigenvalue weighted by Crippen LogP contribution is -2.42. The van der Waals surface area contributed by atoms with Gasteiger partial charge in [0.1, 0.15) is 5.75 Å². The van der Waals surface area contributed by atoms with Crippen molar-refractivity contribution in [2.75, 3.05) is 0 Å². The first-order valence-corrected chi connectivity index (χ1v) is 7.10. The molecule has 106 valence electrons. The van der Waals surface area contributed by atoms with Crippen LogP contribution in [0.1, 0.15) is 45.6 Å². The number of amides is 1. The van der Waals surface area contributed by atoms with Crippen LogP contribution in [0.3, 0.4) is 0 Å². The number of carbonyl (C=O) groups excluding carboxylic acids is 1. The number of carbonyl (C=O) groups is 1. The van der Waals surface area contributed by atoms with Gasteiger partial charge in [-0.1, -0.05) is 32.4 Å². The number of aryl methyl sites for hydroxylation is 1. The highest BCUT2D eigenvalue weighted by Gasteiger charge is 2.19. The molecule has 1 rings (SSSR count). The van der Waals surface area contributed by atoms with Crippen LogP contribution in [0.25, 0.3) is 0 Å². The summed E-state index contributed by atoms with van der Waals surface area (Å²) in [5, 5.41) is 3.00. The van der Waals surface area contributed by atoms with Gasteiger partial charge < -0.3 is 10.1 Å². The quantitative estimate of drug-likeness (QED) is 0.818. The maximum Gasteiger partial charge on any atom is 0.261 e. The molecule has 0 unspecified atom stereocenters. The van der Waals surface area contributed by atoms with Crippen LogP contribution in [-0.2, 0) is 4.79 Å². The Hall–Kier alpha value is -1.51. The molecule has 1 N–H and O–H groups in total. The van der Waals surface area contributed by atoms with E-state index in [1.807, 2.05) is 45.0 Å². The molecule has 0 aromatic heterocycles. The average Bonchev–Trinajstić information content (AvgIpc) is 2.36. The maximum absolute atomic E-state index is 12.1. The Morgan fingerprint density at radius 2 is 2.11 bits per heavy atom. The minimum Gasteiger partial charge on any atom is -0.481 e. The molecule has 0 spiro atoms. The van der Waals surface area contributed by atoms with Gasteiger partial charge in [-0.05, 0) is 44.4 Å². The molecule has 0 saturated carbocycles. The van der Waals surface area contributed by atoms with Crippen molar-refractivity contribution in [1.82, 2.24) is 5.32 Å². The molecule has 3 nitrogen and oxygen atoms in total. The number of hydrogen-bond donors (Lipinski definition) is 1. The Balaban J connectivity index is 2.60. The molecule has 0 aliphatic carbocycles. The summed E-state index contributed by atoms with van der Waals surface area (Å²) in [5.74, 6) is 0.732. The third-order valence-electron chi connectivity index (χ3n) is 3.04. The van der Waals surface area contributed by atoms with Crippen LogP contribution in [0.2, 0.25) is 0 Å². The van der Waals surface area contributed by atoms with Crippen LogP contribution >= 0.6 is 0 Å². The van der Waals surface area contributed by atoms with Gasteiger partial charge in [0, 0.05) is 6.04 Å². The van der Waals surface area contributed by atoms with Crippen molar-refractivity contribution in [2.24, 2.45) is 0 Å². The predicted molar refractivity (Wildman–Crippen MR) is 78.4 cm³/mol. The molecule has 0 fully saturated rings. The van der Waals surface area contributed by atoms with Gasteiger partial charge in [-0.2, -0.15) is 0 Å². The topological polar surface area (TPSA) is 38.3 Å². The SMILES string of the molecule is CCC[C@H](C)NC(=O)[C@H](CC)Oc1cccc(C)c1. The van der Waals surface area contributed by atoms with Crippen LogP contribution < -0.4 is 10.1 Å². The summed E-state index contributed by atoms with van der Waals surface area (Å²) in [7, 11) is 0.